The average molecular weight is 284 g/mol. The molecule has 2 rings (SSSR count). The van der Waals surface area contributed by atoms with Gasteiger partial charge in [0.1, 0.15) is 0 Å². The molecule has 0 heterocycles. The van der Waals surface area contributed by atoms with Crippen molar-refractivity contribution in [3.05, 3.63) is 64.7 Å². The molecule has 0 fully saturated rings. The van der Waals surface area contributed by atoms with Crippen molar-refractivity contribution in [1.29, 1.82) is 0 Å². The van der Waals surface area contributed by atoms with Crippen molar-refractivity contribution in [2.24, 2.45) is 0 Å². The fraction of sp³-hybridized carbons (Fsp3) is 0.368. The highest BCUT2D eigenvalue weighted by molar-refractivity contribution is 7.98. The van der Waals surface area contributed by atoms with Gasteiger partial charge in [0.05, 0.1) is 0 Å². The van der Waals surface area contributed by atoms with E-state index in [9.17, 15) is 0 Å². The quantitative estimate of drug-likeness (QED) is 0.633. The highest BCUT2D eigenvalue weighted by Crippen LogP contribution is 2.28. The fourth-order valence-corrected chi connectivity index (χ4v) is 3.19. The molecule has 0 aromatic heterocycles. The van der Waals surface area contributed by atoms with Crippen LogP contribution in [0.25, 0.3) is 0 Å². The Balaban J connectivity index is 2.04. The topological polar surface area (TPSA) is 0 Å². The summed E-state index contributed by atoms with van der Waals surface area (Å²) in [5.74, 6) is 1.04. The second kappa shape index (κ2) is 6.05. The summed E-state index contributed by atoms with van der Waals surface area (Å²) in [4.78, 5) is 1.38. The highest BCUT2D eigenvalue weighted by Gasteiger charge is 2.12. The van der Waals surface area contributed by atoms with Crippen LogP contribution in [0.5, 0.6) is 0 Å². The predicted molar refractivity (Wildman–Crippen MR) is 90.6 cm³/mol. The molecule has 0 aliphatic rings. The van der Waals surface area contributed by atoms with Crippen LogP contribution < -0.4 is 0 Å². The van der Waals surface area contributed by atoms with Gasteiger partial charge in [-0.25, -0.2) is 0 Å². The van der Waals surface area contributed by atoms with E-state index in [1.165, 1.54) is 27.1 Å². The van der Waals surface area contributed by atoms with E-state index in [2.05, 4.69) is 77.1 Å². The molecule has 0 radical (unpaired) electrons. The molecule has 0 N–H and O–H groups in total. The molecule has 0 atom stereocenters. The maximum absolute atomic E-state index is 2.26. The average Bonchev–Trinajstić information content (AvgIpc) is 2.37. The molecule has 2 aromatic carbocycles. The first-order valence-electron chi connectivity index (χ1n) is 7.16. The Hall–Kier alpha value is -1.21. The third-order valence-electron chi connectivity index (χ3n) is 3.54. The van der Waals surface area contributed by atoms with Crippen molar-refractivity contribution in [2.75, 3.05) is 0 Å². The number of hydrogen-bond donors (Lipinski definition) is 0. The van der Waals surface area contributed by atoms with Crippen LogP contribution in [-0.4, -0.2) is 0 Å². The predicted octanol–water partition coefficient (Wildman–Crippen LogP) is 5.89. The molecule has 0 spiro atoms. The number of benzene rings is 2. The summed E-state index contributed by atoms with van der Waals surface area (Å²) < 4.78 is 0. The van der Waals surface area contributed by atoms with Crippen molar-refractivity contribution in [3.63, 3.8) is 0 Å². The number of hydrogen-bond acceptors (Lipinski definition) is 1. The van der Waals surface area contributed by atoms with Gasteiger partial charge >= 0.3 is 0 Å². The van der Waals surface area contributed by atoms with E-state index in [4.69, 9.17) is 0 Å². The molecule has 2 aromatic rings. The van der Waals surface area contributed by atoms with Crippen LogP contribution in [0.3, 0.4) is 0 Å². The second-order valence-electron chi connectivity index (χ2n) is 6.50. The van der Waals surface area contributed by atoms with Gasteiger partial charge in [-0.05, 0) is 42.0 Å². The fourth-order valence-electron chi connectivity index (χ4n) is 2.22. The molecule has 0 aliphatic carbocycles. The minimum atomic E-state index is 0.235. The SMILES string of the molecule is Cc1ccc(SCc2ccc(C(C)(C)C)cc2)c(C)c1. The lowest BCUT2D eigenvalue weighted by atomic mass is 9.87. The zero-order chi connectivity index (χ0) is 14.8. The van der Waals surface area contributed by atoms with Gasteiger partial charge in [-0.1, -0.05) is 62.7 Å². The van der Waals surface area contributed by atoms with Crippen LogP contribution >= 0.6 is 11.8 Å². The molecule has 0 saturated heterocycles. The number of aryl methyl sites for hydroxylation is 2. The molecule has 0 amide bonds. The third kappa shape index (κ3) is 3.89. The molecular formula is C19H24S. The lowest BCUT2D eigenvalue weighted by Gasteiger charge is -2.19. The number of thioether (sulfide) groups is 1. The van der Waals surface area contributed by atoms with Gasteiger partial charge in [0.2, 0.25) is 0 Å². The second-order valence-corrected chi connectivity index (χ2v) is 7.52. The Morgan fingerprint density at radius 3 is 2.10 bits per heavy atom. The Labute approximate surface area is 127 Å². The summed E-state index contributed by atoms with van der Waals surface area (Å²) in [5.41, 5.74) is 5.74. The van der Waals surface area contributed by atoms with Crippen molar-refractivity contribution in [2.45, 2.75) is 50.7 Å². The van der Waals surface area contributed by atoms with E-state index < -0.39 is 0 Å². The summed E-state index contributed by atoms with van der Waals surface area (Å²) in [5, 5.41) is 0. The van der Waals surface area contributed by atoms with Crippen LogP contribution in [0.4, 0.5) is 0 Å². The summed E-state index contributed by atoms with van der Waals surface area (Å²) in [6.45, 7) is 11.1. The Kier molecular flexibility index (Phi) is 4.59. The maximum Gasteiger partial charge on any atom is 0.0232 e. The van der Waals surface area contributed by atoms with Crippen LogP contribution in [0.15, 0.2) is 47.4 Å². The molecule has 0 saturated carbocycles. The largest absolute Gasteiger partial charge is 0.121 e. The summed E-state index contributed by atoms with van der Waals surface area (Å²) in [6.07, 6.45) is 0. The molecule has 1 heteroatoms. The van der Waals surface area contributed by atoms with E-state index in [1.54, 1.807) is 0 Å². The van der Waals surface area contributed by atoms with E-state index in [0.717, 1.165) is 5.75 Å². The lowest BCUT2D eigenvalue weighted by molar-refractivity contribution is 0.590. The Morgan fingerprint density at radius 2 is 1.55 bits per heavy atom. The summed E-state index contributed by atoms with van der Waals surface area (Å²) in [6, 6.07) is 15.7. The molecule has 0 nitrogen and oxygen atoms in total. The van der Waals surface area contributed by atoms with E-state index in [0.29, 0.717) is 0 Å². The van der Waals surface area contributed by atoms with Gasteiger partial charge in [0, 0.05) is 10.6 Å². The van der Waals surface area contributed by atoms with Crippen molar-refractivity contribution >= 4 is 11.8 Å². The zero-order valence-electron chi connectivity index (χ0n) is 13.2. The van der Waals surface area contributed by atoms with Gasteiger partial charge in [-0.15, -0.1) is 11.8 Å². The lowest BCUT2D eigenvalue weighted by Crippen LogP contribution is -2.10. The highest BCUT2D eigenvalue weighted by atomic mass is 32.2. The third-order valence-corrected chi connectivity index (χ3v) is 4.79. The van der Waals surface area contributed by atoms with E-state index in [1.807, 2.05) is 11.8 Å². The molecule has 106 valence electrons. The minimum Gasteiger partial charge on any atom is -0.121 e. The zero-order valence-corrected chi connectivity index (χ0v) is 14.0. The Bertz CT molecular complexity index is 574. The van der Waals surface area contributed by atoms with Crippen LogP contribution in [-0.2, 0) is 11.2 Å². The van der Waals surface area contributed by atoms with Crippen LogP contribution in [0.1, 0.15) is 43.0 Å². The minimum absolute atomic E-state index is 0.235. The molecule has 0 aliphatic heterocycles. The molecule has 20 heavy (non-hydrogen) atoms. The smallest absolute Gasteiger partial charge is 0.0232 e. The molecule has 0 bridgehead atoms. The van der Waals surface area contributed by atoms with Gasteiger partial charge in [-0.2, -0.15) is 0 Å². The van der Waals surface area contributed by atoms with E-state index in [-0.39, 0.29) is 5.41 Å². The normalized spacial score (nSPS) is 11.7. The first-order chi connectivity index (χ1) is 9.36. The number of rotatable bonds is 3. The maximum atomic E-state index is 2.26. The van der Waals surface area contributed by atoms with Crippen LogP contribution in [0.2, 0.25) is 0 Å². The van der Waals surface area contributed by atoms with Gasteiger partial charge < -0.3 is 0 Å². The molecule has 0 unspecified atom stereocenters. The monoisotopic (exact) mass is 284 g/mol. The van der Waals surface area contributed by atoms with Crippen molar-refractivity contribution < 1.29 is 0 Å². The van der Waals surface area contributed by atoms with Gasteiger partial charge in [0.25, 0.3) is 0 Å². The van der Waals surface area contributed by atoms with E-state index >= 15 is 0 Å². The standard InChI is InChI=1S/C19H24S/c1-14-6-11-18(15(2)12-14)20-13-16-7-9-17(10-8-16)19(3,4)5/h6-12H,13H2,1-5H3. The summed E-state index contributed by atoms with van der Waals surface area (Å²) >= 11 is 1.92. The van der Waals surface area contributed by atoms with Gasteiger partial charge in [-0.3, -0.25) is 0 Å². The van der Waals surface area contributed by atoms with Crippen molar-refractivity contribution in [3.8, 4) is 0 Å². The first kappa shape index (κ1) is 15.2. The van der Waals surface area contributed by atoms with Gasteiger partial charge in [0.15, 0.2) is 0 Å². The van der Waals surface area contributed by atoms with Crippen molar-refractivity contribution in [1.82, 2.24) is 0 Å². The summed E-state index contributed by atoms with van der Waals surface area (Å²) in [7, 11) is 0. The first-order valence-corrected chi connectivity index (χ1v) is 8.14. The molecular weight excluding hydrogens is 260 g/mol. The van der Waals surface area contributed by atoms with Crippen LogP contribution in [0, 0.1) is 13.8 Å². The Morgan fingerprint density at radius 1 is 0.900 bits per heavy atom.